The van der Waals surface area contributed by atoms with E-state index in [2.05, 4.69) is 24.8 Å². The molecule has 17 nitrogen and oxygen atoms in total. The second-order valence-corrected chi connectivity index (χ2v) is 12.2. The smallest absolute Gasteiger partial charge is 0.278 e. The molecule has 3 aliphatic heterocycles. The lowest BCUT2D eigenvalue weighted by Gasteiger charge is -2.51. The van der Waals surface area contributed by atoms with Gasteiger partial charge in [-0.3, -0.25) is 24.1 Å². The fraction of sp³-hybridized carbons (Fsp3) is 0.417. The van der Waals surface area contributed by atoms with Gasteiger partial charge >= 0.3 is 0 Å². The number of rotatable bonds is 8. The number of piperazine rings is 1. The van der Waals surface area contributed by atoms with Gasteiger partial charge in [0.1, 0.15) is 30.8 Å². The summed E-state index contributed by atoms with van der Waals surface area (Å²) >= 11 is 2.16. The fourth-order valence-electron chi connectivity index (χ4n) is 5.14. The Morgan fingerprint density at radius 2 is 2.05 bits per heavy atom. The molecular formula is C24H27N9O8S2. The highest BCUT2D eigenvalue weighted by Gasteiger charge is 2.54. The number of carboxylic acids is 1. The number of fused-ring (bicyclic) bond motifs is 1. The van der Waals surface area contributed by atoms with Crippen molar-refractivity contribution in [2.24, 2.45) is 5.16 Å². The van der Waals surface area contributed by atoms with Gasteiger partial charge in [-0.15, -0.1) is 11.8 Å². The highest BCUT2D eigenvalue weighted by Crippen LogP contribution is 2.40. The number of nitrogens with one attached hydrogen (secondary N) is 2. The Labute approximate surface area is 251 Å². The predicted molar refractivity (Wildman–Crippen MR) is 150 cm³/mol. The van der Waals surface area contributed by atoms with Crippen LogP contribution in [0.3, 0.4) is 0 Å². The van der Waals surface area contributed by atoms with Crippen molar-refractivity contribution in [3.63, 3.8) is 0 Å². The Morgan fingerprint density at radius 1 is 1.33 bits per heavy atom. The Kier molecular flexibility index (Phi) is 8.12. The minimum Gasteiger partial charge on any atom is -0.543 e. The first-order chi connectivity index (χ1) is 20.4. The number of nitrogens with zero attached hydrogens (tertiary/aromatic N) is 6. The van der Waals surface area contributed by atoms with E-state index >= 15 is 0 Å². The Balaban J connectivity index is 1.26. The molecule has 0 aliphatic carbocycles. The maximum atomic E-state index is 13.1. The van der Waals surface area contributed by atoms with E-state index < -0.39 is 40.4 Å². The number of carbonyl (C=O) groups excluding carboxylic acids is 4. The number of β-lactam (4-membered cyclic amide) rings is 1. The van der Waals surface area contributed by atoms with Crippen molar-refractivity contribution < 1.29 is 38.7 Å². The van der Waals surface area contributed by atoms with Crippen molar-refractivity contribution in [1.82, 2.24) is 29.5 Å². The maximum Gasteiger partial charge on any atom is 0.278 e. The summed E-state index contributed by atoms with van der Waals surface area (Å²) in [6, 6.07) is 0.0149. The molecule has 5 heterocycles. The van der Waals surface area contributed by atoms with Gasteiger partial charge in [0, 0.05) is 35.1 Å². The number of thioether (sulfide) groups is 1. The van der Waals surface area contributed by atoms with Gasteiger partial charge in [-0.25, -0.2) is 0 Å². The molecule has 2 aromatic heterocycles. The Hall–Kier alpha value is -4.49. The number of likely N-dealkylation sites (N-methyl/N-ethyl adjacent to an activating group) is 1. The summed E-state index contributed by atoms with van der Waals surface area (Å²) in [6.07, 6.45) is 1.06. The molecule has 0 aromatic carbocycles. The van der Waals surface area contributed by atoms with Gasteiger partial charge < -0.3 is 45.3 Å². The SMILES string of the molecule is CON=C(C(=O)N[C@@H]1C(=O)N2C(C(=O)[O-])=C(C[N+]3(C)CCN(C(=O)c4cc(=O)c(O)c[nH]4)CC3)CS[C@H]12)c1nsc(N)n1. The summed E-state index contributed by atoms with van der Waals surface area (Å²) in [7, 11) is 3.16. The molecule has 0 unspecified atom stereocenters. The minimum absolute atomic E-state index is 0.0566. The van der Waals surface area contributed by atoms with E-state index in [0.29, 0.717) is 42.8 Å². The summed E-state index contributed by atoms with van der Waals surface area (Å²) < 4.78 is 4.34. The number of hydrogen-bond donors (Lipinski definition) is 4. The minimum atomic E-state index is -1.50. The van der Waals surface area contributed by atoms with Crippen LogP contribution in [0.15, 0.2) is 33.5 Å². The monoisotopic (exact) mass is 633 g/mol. The van der Waals surface area contributed by atoms with Crippen LogP contribution in [0.25, 0.3) is 0 Å². The van der Waals surface area contributed by atoms with Crippen LogP contribution < -0.4 is 21.6 Å². The van der Waals surface area contributed by atoms with Gasteiger partial charge in [0.2, 0.25) is 17.0 Å². The highest BCUT2D eigenvalue weighted by molar-refractivity contribution is 8.00. The van der Waals surface area contributed by atoms with E-state index in [1.54, 1.807) is 4.90 Å². The molecule has 3 aliphatic rings. The first-order valence-corrected chi connectivity index (χ1v) is 14.7. The molecule has 43 heavy (non-hydrogen) atoms. The molecule has 5 N–H and O–H groups in total. The first-order valence-electron chi connectivity index (χ1n) is 12.9. The maximum absolute atomic E-state index is 13.1. The molecule has 2 aromatic rings. The Morgan fingerprint density at radius 3 is 2.65 bits per heavy atom. The van der Waals surface area contributed by atoms with Crippen molar-refractivity contribution >= 4 is 57.8 Å². The van der Waals surface area contributed by atoms with Crippen LogP contribution in [-0.2, 0) is 19.2 Å². The van der Waals surface area contributed by atoms with Crippen molar-refractivity contribution in [3.8, 4) is 5.75 Å². The largest absolute Gasteiger partial charge is 0.543 e. The topological polar surface area (TPSA) is 236 Å². The second-order valence-electron chi connectivity index (χ2n) is 10.3. The van der Waals surface area contributed by atoms with Crippen LogP contribution in [-0.4, -0.2) is 127 Å². The normalized spacial score (nSPS) is 21.6. The van der Waals surface area contributed by atoms with Crippen molar-refractivity contribution in [2.75, 3.05) is 58.4 Å². The lowest BCUT2D eigenvalue weighted by atomic mass is 10.0. The molecule has 5 rings (SSSR count). The molecular weight excluding hydrogens is 606 g/mol. The zero-order valence-electron chi connectivity index (χ0n) is 22.9. The number of quaternary nitrogens is 1. The predicted octanol–water partition coefficient (Wildman–Crippen LogP) is -3.13. The molecule has 0 radical (unpaired) electrons. The van der Waals surface area contributed by atoms with Gasteiger partial charge in [0.15, 0.2) is 10.9 Å². The number of aromatic amines is 1. The molecule has 2 atom stereocenters. The first kappa shape index (κ1) is 30.0. The number of anilines is 1. The summed E-state index contributed by atoms with van der Waals surface area (Å²) in [5.74, 6) is -3.58. The zero-order valence-corrected chi connectivity index (χ0v) is 24.6. The molecule has 0 spiro atoms. The number of aromatic nitrogens is 3. The summed E-state index contributed by atoms with van der Waals surface area (Å²) in [5.41, 5.74) is 4.99. The standard InChI is InChI=1S/C24H27N9O8S2/c1-33(5-3-31(4-6-33)20(37)12-7-13(34)14(35)8-26-12)9-11-10-42-22-16(21(38)32(22)17(11)23(39)40)27-19(36)15(29-41-2)18-28-24(25)43-30-18/h7-8,16,22H,3-6,9-10H2,1-2H3,(H5-,25,26,27,28,29,30,34,35,36,37,39,40)/t16-,22-/m1/s1. The number of oxime groups is 1. The van der Waals surface area contributed by atoms with Crippen LogP contribution in [0.5, 0.6) is 5.75 Å². The number of carbonyl (C=O) groups is 4. The van der Waals surface area contributed by atoms with Crippen LogP contribution in [0, 0.1) is 0 Å². The summed E-state index contributed by atoms with van der Waals surface area (Å²) in [6.45, 7) is 1.93. The molecule has 19 heteroatoms. The molecule has 2 saturated heterocycles. The quantitative estimate of drug-likeness (QED) is 0.0977. The Bertz CT molecular complexity index is 1610. The van der Waals surface area contributed by atoms with Crippen LogP contribution in [0.4, 0.5) is 5.13 Å². The van der Waals surface area contributed by atoms with E-state index in [4.69, 9.17) is 10.6 Å². The third kappa shape index (κ3) is 5.77. The molecule has 0 bridgehead atoms. The van der Waals surface area contributed by atoms with Gasteiger partial charge in [-0.2, -0.15) is 9.36 Å². The number of H-pyrrole nitrogens is 1. The van der Waals surface area contributed by atoms with Crippen molar-refractivity contribution in [2.45, 2.75) is 11.4 Å². The zero-order chi connectivity index (χ0) is 31.1. The number of amides is 3. The third-order valence-corrected chi connectivity index (χ3v) is 9.26. The van der Waals surface area contributed by atoms with Crippen LogP contribution in [0.1, 0.15) is 16.3 Å². The molecule has 228 valence electrons. The second kappa shape index (κ2) is 11.7. The molecule has 3 amide bonds. The van der Waals surface area contributed by atoms with Gasteiger partial charge in [-0.05, 0) is 0 Å². The average molecular weight is 634 g/mol. The van der Waals surface area contributed by atoms with E-state index in [-0.39, 0.29) is 39.7 Å². The number of pyridine rings is 1. The molecule has 0 saturated carbocycles. The lowest BCUT2D eigenvalue weighted by Crippen LogP contribution is -2.72. The van der Waals surface area contributed by atoms with Crippen molar-refractivity contribution in [3.05, 3.63) is 45.3 Å². The van der Waals surface area contributed by atoms with Crippen molar-refractivity contribution in [1.29, 1.82) is 0 Å². The number of nitrogens with two attached hydrogens (primary N) is 1. The van der Waals surface area contributed by atoms with Gasteiger partial charge in [0.05, 0.1) is 44.9 Å². The molecule has 2 fully saturated rings. The van der Waals surface area contributed by atoms with Crippen LogP contribution >= 0.6 is 23.3 Å². The average Bonchev–Trinajstić information content (AvgIpc) is 3.41. The van der Waals surface area contributed by atoms with E-state index in [1.165, 1.54) is 18.9 Å². The lowest BCUT2D eigenvalue weighted by molar-refractivity contribution is -0.908. The van der Waals surface area contributed by atoms with Gasteiger partial charge in [0.25, 0.3) is 17.7 Å². The van der Waals surface area contributed by atoms with E-state index in [1.807, 2.05) is 7.05 Å². The fourth-order valence-corrected chi connectivity index (χ4v) is 6.91. The van der Waals surface area contributed by atoms with Gasteiger partial charge in [-0.1, -0.05) is 5.16 Å². The number of hydrogen-bond acceptors (Lipinski definition) is 14. The number of aromatic hydroxyl groups is 1. The van der Waals surface area contributed by atoms with E-state index in [0.717, 1.165) is 28.7 Å². The number of aliphatic carboxylic acids is 1. The van der Waals surface area contributed by atoms with E-state index in [9.17, 15) is 34.2 Å². The number of nitrogen functional groups attached to an aromatic ring is 1. The summed E-state index contributed by atoms with van der Waals surface area (Å²) in [4.78, 5) is 76.9. The number of carboxylic acid groups (broad SMARTS) is 1. The third-order valence-electron chi connectivity index (χ3n) is 7.38. The highest BCUT2D eigenvalue weighted by atomic mass is 32.2. The van der Waals surface area contributed by atoms with Crippen LogP contribution in [0.2, 0.25) is 0 Å². The summed E-state index contributed by atoms with van der Waals surface area (Å²) in [5, 5.41) is 27.3.